The number of imidazole rings is 1. The number of pyridine rings is 1. The molecule has 130 valence electrons. The molecule has 5 nitrogen and oxygen atoms in total. The SMILES string of the molecule is Clc1ccc2c(NC3CCC(NCc4cnc[nH]4)CC3)ccnc2c1. The van der Waals surface area contributed by atoms with Gasteiger partial charge < -0.3 is 15.6 Å². The predicted octanol–water partition coefficient (Wildman–Crippen LogP) is 4.12. The first-order valence-electron chi connectivity index (χ1n) is 8.79. The summed E-state index contributed by atoms with van der Waals surface area (Å²) in [5, 5.41) is 9.18. The molecular formula is C19H22ClN5. The van der Waals surface area contributed by atoms with Crippen LogP contribution >= 0.6 is 11.6 Å². The first-order chi connectivity index (χ1) is 12.3. The summed E-state index contributed by atoms with van der Waals surface area (Å²) in [7, 11) is 0. The molecule has 0 bridgehead atoms. The van der Waals surface area contributed by atoms with Gasteiger partial charge >= 0.3 is 0 Å². The van der Waals surface area contributed by atoms with Crippen LogP contribution in [0.2, 0.25) is 5.02 Å². The molecule has 1 fully saturated rings. The molecule has 0 radical (unpaired) electrons. The van der Waals surface area contributed by atoms with E-state index in [1.165, 1.54) is 12.8 Å². The second-order valence-corrected chi connectivity index (χ2v) is 7.11. The van der Waals surface area contributed by atoms with E-state index >= 15 is 0 Å². The van der Waals surface area contributed by atoms with Crippen LogP contribution in [0, 0.1) is 0 Å². The fourth-order valence-corrected chi connectivity index (χ4v) is 3.71. The van der Waals surface area contributed by atoms with E-state index in [0.717, 1.165) is 46.7 Å². The van der Waals surface area contributed by atoms with E-state index < -0.39 is 0 Å². The highest BCUT2D eigenvalue weighted by atomic mass is 35.5. The van der Waals surface area contributed by atoms with Crippen LogP contribution in [0.1, 0.15) is 31.4 Å². The molecule has 1 aliphatic carbocycles. The van der Waals surface area contributed by atoms with Crippen LogP contribution in [0.3, 0.4) is 0 Å². The molecule has 0 atom stereocenters. The van der Waals surface area contributed by atoms with Gasteiger partial charge in [0.1, 0.15) is 0 Å². The monoisotopic (exact) mass is 355 g/mol. The second-order valence-electron chi connectivity index (χ2n) is 6.67. The van der Waals surface area contributed by atoms with E-state index in [-0.39, 0.29) is 0 Å². The molecule has 4 rings (SSSR count). The lowest BCUT2D eigenvalue weighted by atomic mass is 9.91. The van der Waals surface area contributed by atoms with Crippen molar-refractivity contribution < 1.29 is 0 Å². The van der Waals surface area contributed by atoms with Crippen molar-refractivity contribution in [2.45, 2.75) is 44.3 Å². The van der Waals surface area contributed by atoms with Gasteiger partial charge in [0.05, 0.1) is 11.8 Å². The number of rotatable bonds is 5. The highest BCUT2D eigenvalue weighted by molar-refractivity contribution is 6.31. The Morgan fingerprint density at radius 3 is 2.76 bits per heavy atom. The average molecular weight is 356 g/mol. The van der Waals surface area contributed by atoms with Gasteiger partial charge in [-0.1, -0.05) is 11.6 Å². The van der Waals surface area contributed by atoms with E-state index in [9.17, 15) is 0 Å². The van der Waals surface area contributed by atoms with Crippen LogP contribution in [-0.4, -0.2) is 27.0 Å². The molecular weight excluding hydrogens is 334 g/mol. The molecule has 0 aliphatic heterocycles. The van der Waals surface area contributed by atoms with Gasteiger partial charge in [-0.05, 0) is 49.9 Å². The van der Waals surface area contributed by atoms with Crippen LogP contribution in [-0.2, 0) is 6.54 Å². The number of nitrogens with zero attached hydrogens (tertiary/aromatic N) is 2. The Morgan fingerprint density at radius 1 is 1.12 bits per heavy atom. The third-order valence-corrected chi connectivity index (χ3v) is 5.16. The zero-order chi connectivity index (χ0) is 17.1. The van der Waals surface area contributed by atoms with Gasteiger partial charge in [-0.2, -0.15) is 0 Å². The summed E-state index contributed by atoms with van der Waals surface area (Å²) in [4.78, 5) is 11.6. The van der Waals surface area contributed by atoms with Gasteiger partial charge in [0.25, 0.3) is 0 Å². The van der Waals surface area contributed by atoms with Gasteiger partial charge in [0.2, 0.25) is 0 Å². The topological polar surface area (TPSA) is 65.6 Å². The molecule has 2 heterocycles. The first kappa shape index (κ1) is 16.4. The lowest BCUT2D eigenvalue weighted by molar-refractivity contribution is 0.352. The molecule has 1 saturated carbocycles. The molecule has 6 heteroatoms. The Labute approximate surface area is 152 Å². The minimum Gasteiger partial charge on any atom is -0.382 e. The summed E-state index contributed by atoms with van der Waals surface area (Å²) in [5.74, 6) is 0. The van der Waals surface area contributed by atoms with Crippen molar-refractivity contribution in [1.82, 2.24) is 20.3 Å². The summed E-state index contributed by atoms with van der Waals surface area (Å²) in [5.41, 5.74) is 3.23. The normalized spacial score (nSPS) is 20.7. The van der Waals surface area contributed by atoms with Crippen LogP contribution in [0.4, 0.5) is 5.69 Å². The summed E-state index contributed by atoms with van der Waals surface area (Å²) in [6.45, 7) is 0.860. The van der Waals surface area contributed by atoms with Crippen molar-refractivity contribution in [3.8, 4) is 0 Å². The van der Waals surface area contributed by atoms with E-state index in [2.05, 4.69) is 31.7 Å². The summed E-state index contributed by atoms with van der Waals surface area (Å²) < 4.78 is 0. The van der Waals surface area contributed by atoms with Gasteiger partial charge in [0, 0.05) is 52.8 Å². The van der Waals surface area contributed by atoms with Crippen molar-refractivity contribution in [1.29, 1.82) is 0 Å². The fourth-order valence-electron chi connectivity index (χ4n) is 3.54. The van der Waals surface area contributed by atoms with Crippen molar-refractivity contribution in [2.75, 3.05) is 5.32 Å². The molecule has 0 saturated heterocycles. The molecule has 25 heavy (non-hydrogen) atoms. The number of aromatic nitrogens is 3. The predicted molar refractivity (Wildman–Crippen MR) is 102 cm³/mol. The largest absolute Gasteiger partial charge is 0.382 e. The van der Waals surface area contributed by atoms with E-state index in [4.69, 9.17) is 11.6 Å². The van der Waals surface area contributed by atoms with Crippen molar-refractivity contribution >= 4 is 28.2 Å². The number of hydrogen-bond donors (Lipinski definition) is 3. The molecule has 1 aliphatic rings. The molecule has 0 amide bonds. The van der Waals surface area contributed by atoms with Gasteiger partial charge in [-0.15, -0.1) is 0 Å². The standard InChI is InChI=1S/C19H22ClN5/c20-13-1-6-17-18(7-8-22-19(17)9-13)25-15-4-2-14(3-5-15)23-11-16-10-21-12-24-16/h1,6-10,12,14-15,23H,2-5,11H2,(H,21,24)(H,22,25). The zero-order valence-electron chi connectivity index (χ0n) is 14.0. The number of H-pyrrole nitrogens is 1. The third kappa shape index (κ3) is 3.94. The molecule has 3 aromatic rings. The second kappa shape index (κ2) is 7.42. The van der Waals surface area contributed by atoms with Crippen molar-refractivity contribution in [2.24, 2.45) is 0 Å². The maximum atomic E-state index is 6.07. The number of halogens is 1. The molecule has 2 aromatic heterocycles. The van der Waals surface area contributed by atoms with Gasteiger partial charge in [0.15, 0.2) is 0 Å². The minimum atomic E-state index is 0.506. The van der Waals surface area contributed by atoms with Crippen LogP contribution in [0.25, 0.3) is 10.9 Å². The molecule has 0 spiro atoms. The quantitative estimate of drug-likeness (QED) is 0.644. The first-order valence-corrected chi connectivity index (χ1v) is 9.17. The Balaban J connectivity index is 1.34. The zero-order valence-corrected chi connectivity index (χ0v) is 14.8. The van der Waals surface area contributed by atoms with Crippen molar-refractivity contribution in [3.63, 3.8) is 0 Å². The summed E-state index contributed by atoms with van der Waals surface area (Å²) in [6.07, 6.45) is 10.1. The van der Waals surface area contributed by atoms with Crippen molar-refractivity contribution in [3.05, 3.63) is 53.7 Å². The molecule has 0 unspecified atom stereocenters. The highest BCUT2D eigenvalue weighted by Crippen LogP contribution is 2.28. The van der Waals surface area contributed by atoms with E-state index in [1.807, 2.05) is 30.6 Å². The summed E-state index contributed by atoms with van der Waals surface area (Å²) in [6, 6.07) is 9.02. The van der Waals surface area contributed by atoms with Crippen LogP contribution < -0.4 is 10.6 Å². The Hall–Kier alpha value is -2.11. The maximum absolute atomic E-state index is 6.07. The number of nitrogens with one attached hydrogen (secondary N) is 3. The number of aromatic amines is 1. The summed E-state index contributed by atoms with van der Waals surface area (Å²) >= 11 is 6.07. The van der Waals surface area contributed by atoms with Crippen LogP contribution in [0.15, 0.2) is 43.0 Å². The minimum absolute atomic E-state index is 0.506. The van der Waals surface area contributed by atoms with Crippen LogP contribution in [0.5, 0.6) is 0 Å². The number of hydrogen-bond acceptors (Lipinski definition) is 4. The lowest BCUT2D eigenvalue weighted by Crippen LogP contribution is -2.36. The number of benzene rings is 1. The number of fused-ring (bicyclic) bond motifs is 1. The maximum Gasteiger partial charge on any atom is 0.0922 e. The third-order valence-electron chi connectivity index (χ3n) is 4.93. The lowest BCUT2D eigenvalue weighted by Gasteiger charge is -2.30. The Kier molecular flexibility index (Phi) is 4.85. The Bertz CT molecular complexity index is 825. The molecule has 1 aromatic carbocycles. The Morgan fingerprint density at radius 2 is 1.96 bits per heavy atom. The average Bonchev–Trinajstić information content (AvgIpc) is 3.15. The van der Waals surface area contributed by atoms with Gasteiger partial charge in [-0.3, -0.25) is 4.98 Å². The molecule has 3 N–H and O–H groups in total. The van der Waals surface area contributed by atoms with E-state index in [0.29, 0.717) is 12.1 Å². The number of anilines is 1. The van der Waals surface area contributed by atoms with E-state index in [1.54, 1.807) is 6.33 Å². The highest BCUT2D eigenvalue weighted by Gasteiger charge is 2.21. The smallest absolute Gasteiger partial charge is 0.0922 e. The van der Waals surface area contributed by atoms with Gasteiger partial charge in [-0.25, -0.2) is 4.98 Å². The fraction of sp³-hybridized carbons (Fsp3) is 0.368.